The third kappa shape index (κ3) is 2.26. The molecule has 22 heavy (non-hydrogen) atoms. The van der Waals surface area contributed by atoms with Crippen LogP contribution in [-0.4, -0.2) is 34.6 Å². The predicted molar refractivity (Wildman–Crippen MR) is 86.6 cm³/mol. The predicted octanol–water partition coefficient (Wildman–Crippen LogP) is 4.03. The van der Waals surface area contributed by atoms with Crippen molar-refractivity contribution in [3.8, 4) is 0 Å². The molecule has 3 aliphatic rings. The van der Waals surface area contributed by atoms with E-state index in [-0.39, 0.29) is 12.3 Å². The summed E-state index contributed by atoms with van der Waals surface area (Å²) >= 11 is 12.3. The molecule has 4 bridgehead atoms. The maximum atomic E-state index is 11.2. The van der Waals surface area contributed by atoms with E-state index in [1.165, 1.54) is 18.4 Å². The summed E-state index contributed by atoms with van der Waals surface area (Å²) in [5.41, 5.74) is 1.23. The standard InChI is InChI=1S/C17H19Cl2NO2/c18-13-3-1-9(5-14(13)19)12-7-11-2-4-15-17(12)10(6-16(21)22)8-20(11)15/h1,3,5,10-12,15,17H,2,4,6-8H2,(H,21,22)/t10?,11-,12+,15+,17+/m0/s1. The largest absolute Gasteiger partial charge is 0.481 e. The Morgan fingerprint density at radius 3 is 2.82 bits per heavy atom. The van der Waals surface area contributed by atoms with Crippen LogP contribution in [0.5, 0.6) is 0 Å². The number of hydrogen-bond donors (Lipinski definition) is 1. The second-order valence-electron chi connectivity index (χ2n) is 6.95. The molecule has 3 saturated heterocycles. The van der Waals surface area contributed by atoms with E-state index < -0.39 is 5.97 Å². The highest BCUT2D eigenvalue weighted by Crippen LogP contribution is 2.55. The molecule has 3 heterocycles. The summed E-state index contributed by atoms with van der Waals surface area (Å²) in [6, 6.07) is 7.10. The van der Waals surface area contributed by atoms with Gasteiger partial charge in [-0.25, -0.2) is 0 Å². The molecule has 1 N–H and O–H groups in total. The van der Waals surface area contributed by atoms with Gasteiger partial charge in [-0.1, -0.05) is 29.3 Å². The maximum Gasteiger partial charge on any atom is 0.303 e. The first-order valence-corrected chi connectivity index (χ1v) is 8.72. The van der Waals surface area contributed by atoms with Gasteiger partial charge in [-0.05, 0) is 54.7 Å². The topological polar surface area (TPSA) is 40.5 Å². The number of hydrogen-bond acceptors (Lipinski definition) is 2. The third-order valence-electron chi connectivity index (χ3n) is 5.92. The average Bonchev–Trinajstić information content (AvgIpc) is 2.87. The molecule has 3 nitrogen and oxygen atoms in total. The van der Waals surface area contributed by atoms with Crippen LogP contribution in [0.15, 0.2) is 18.2 Å². The molecule has 0 aliphatic carbocycles. The second kappa shape index (κ2) is 5.40. The maximum absolute atomic E-state index is 11.2. The quantitative estimate of drug-likeness (QED) is 0.903. The van der Waals surface area contributed by atoms with E-state index >= 15 is 0 Å². The third-order valence-corrected chi connectivity index (χ3v) is 6.66. The van der Waals surface area contributed by atoms with E-state index in [0.29, 0.717) is 34.0 Å². The van der Waals surface area contributed by atoms with E-state index in [1.54, 1.807) is 0 Å². The minimum atomic E-state index is -0.678. The molecular weight excluding hydrogens is 321 g/mol. The number of aliphatic carboxylic acids is 1. The number of carboxylic acid groups (broad SMARTS) is 1. The lowest BCUT2D eigenvalue weighted by atomic mass is 9.73. The van der Waals surface area contributed by atoms with E-state index in [2.05, 4.69) is 11.0 Å². The normalized spacial score (nSPS) is 39.2. The summed E-state index contributed by atoms with van der Waals surface area (Å²) in [5, 5.41) is 10.4. The minimum absolute atomic E-state index is 0.257. The lowest BCUT2D eigenvalue weighted by molar-refractivity contribution is -0.138. The van der Waals surface area contributed by atoms with Gasteiger partial charge in [-0.15, -0.1) is 0 Å². The van der Waals surface area contributed by atoms with Crippen molar-refractivity contribution in [1.29, 1.82) is 0 Å². The Morgan fingerprint density at radius 2 is 2.09 bits per heavy atom. The highest BCUT2D eigenvalue weighted by molar-refractivity contribution is 6.42. The van der Waals surface area contributed by atoms with Gasteiger partial charge in [-0.2, -0.15) is 0 Å². The van der Waals surface area contributed by atoms with Gasteiger partial charge in [0, 0.05) is 25.0 Å². The van der Waals surface area contributed by atoms with E-state index in [4.69, 9.17) is 23.2 Å². The summed E-state index contributed by atoms with van der Waals surface area (Å²) in [6.07, 6.45) is 3.86. The SMILES string of the molecule is O=C(O)CC1CN2[C@H]3CC[C@@H]2[C@H]1[C@@H](c1ccc(Cl)c(Cl)c1)C3. The molecule has 1 aromatic rings. The van der Waals surface area contributed by atoms with Crippen molar-refractivity contribution in [2.75, 3.05) is 6.54 Å². The molecule has 5 heteroatoms. The zero-order valence-corrected chi connectivity index (χ0v) is 13.7. The van der Waals surface area contributed by atoms with Crippen molar-refractivity contribution in [3.63, 3.8) is 0 Å². The Kier molecular flexibility index (Phi) is 3.63. The number of halogens is 2. The van der Waals surface area contributed by atoms with Crippen LogP contribution in [0.2, 0.25) is 10.0 Å². The van der Waals surface area contributed by atoms with Crippen LogP contribution in [-0.2, 0) is 4.79 Å². The fourth-order valence-electron chi connectivity index (χ4n) is 5.20. The van der Waals surface area contributed by atoms with Crippen molar-refractivity contribution in [2.24, 2.45) is 11.8 Å². The van der Waals surface area contributed by atoms with Crippen LogP contribution in [0.4, 0.5) is 0 Å². The van der Waals surface area contributed by atoms with Crippen LogP contribution >= 0.6 is 23.2 Å². The molecule has 6 atom stereocenters. The van der Waals surface area contributed by atoms with Gasteiger partial charge in [0.2, 0.25) is 0 Å². The Labute approximate surface area is 140 Å². The molecule has 1 aromatic carbocycles. The van der Waals surface area contributed by atoms with Gasteiger partial charge in [0.15, 0.2) is 0 Å². The summed E-state index contributed by atoms with van der Waals surface area (Å²) in [7, 11) is 0. The van der Waals surface area contributed by atoms with Gasteiger partial charge in [0.1, 0.15) is 0 Å². The molecule has 0 amide bonds. The number of rotatable bonds is 3. The first-order chi connectivity index (χ1) is 10.5. The van der Waals surface area contributed by atoms with Gasteiger partial charge < -0.3 is 5.11 Å². The highest BCUT2D eigenvalue weighted by atomic mass is 35.5. The smallest absolute Gasteiger partial charge is 0.303 e. The molecule has 118 valence electrons. The van der Waals surface area contributed by atoms with Crippen molar-refractivity contribution in [2.45, 2.75) is 43.7 Å². The number of benzene rings is 1. The first kappa shape index (κ1) is 14.8. The summed E-state index contributed by atoms with van der Waals surface area (Å²) in [5.74, 6) is 0.428. The van der Waals surface area contributed by atoms with Crippen LogP contribution in [0, 0.1) is 11.8 Å². The van der Waals surface area contributed by atoms with Crippen LogP contribution in [0.25, 0.3) is 0 Å². The number of carbonyl (C=O) groups is 1. The Bertz CT molecular complexity index is 621. The minimum Gasteiger partial charge on any atom is -0.481 e. The van der Waals surface area contributed by atoms with Gasteiger partial charge in [0.25, 0.3) is 0 Å². The highest BCUT2D eigenvalue weighted by Gasteiger charge is 2.55. The van der Waals surface area contributed by atoms with E-state index in [1.807, 2.05) is 12.1 Å². The van der Waals surface area contributed by atoms with Crippen LogP contribution < -0.4 is 0 Å². The Balaban J connectivity index is 1.69. The second-order valence-corrected chi connectivity index (χ2v) is 7.76. The zero-order chi connectivity index (χ0) is 15.4. The molecule has 0 aromatic heterocycles. The van der Waals surface area contributed by atoms with E-state index in [9.17, 15) is 9.90 Å². The van der Waals surface area contributed by atoms with Crippen molar-refractivity contribution in [3.05, 3.63) is 33.8 Å². The first-order valence-electron chi connectivity index (χ1n) is 7.97. The molecule has 3 fully saturated rings. The molecular formula is C17H19Cl2NO2. The summed E-state index contributed by atoms with van der Waals surface area (Å²) in [4.78, 5) is 13.8. The molecule has 2 unspecified atom stereocenters. The van der Waals surface area contributed by atoms with Crippen LogP contribution in [0.1, 0.15) is 37.2 Å². The molecule has 4 rings (SSSR count). The monoisotopic (exact) mass is 339 g/mol. The number of piperidine rings is 1. The Hall–Kier alpha value is -0.770. The average molecular weight is 340 g/mol. The fraction of sp³-hybridized carbons (Fsp3) is 0.588. The number of carboxylic acids is 1. The van der Waals surface area contributed by atoms with Gasteiger partial charge in [-0.3, -0.25) is 9.69 Å². The molecule has 0 spiro atoms. The zero-order valence-electron chi connectivity index (χ0n) is 12.2. The number of nitrogens with zero attached hydrogens (tertiary/aromatic N) is 1. The lowest BCUT2D eigenvalue weighted by Gasteiger charge is -2.38. The van der Waals surface area contributed by atoms with Gasteiger partial charge in [0.05, 0.1) is 10.0 Å². The molecule has 0 radical (unpaired) electrons. The molecule has 3 aliphatic heterocycles. The van der Waals surface area contributed by atoms with E-state index in [0.717, 1.165) is 13.0 Å². The fourth-order valence-corrected chi connectivity index (χ4v) is 5.50. The summed E-state index contributed by atoms with van der Waals surface area (Å²) < 4.78 is 0. The van der Waals surface area contributed by atoms with Crippen molar-refractivity contribution < 1.29 is 9.90 Å². The summed E-state index contributed by atoms with van der Waals surface area (Å²) in [6.45, 7) is 0.949. The lowest BCUT2D eigenvalue weighted by Crippen LogP contribution is -2.40. The van der Waals surface area contributed by atoms with Crippen molar-refractivity contribution in [1.82, 2.24) is 4.90 Å². The Morgan fingerprint density at radius 1 is 1.27 bits per heavy atom. The van der Waals surface area contributed by atoms with Crippen LogP contribution in [0.3, 0.4) is 0 Å². The van der Waals surface area contributed by atoms with Gasteiger partial charge >= 0.3 is 5.97 Å². The van der Waals surface area contributed by atoms with Crippen molar-refractivity contribution >= 4 is 29.2 Å². The molecule has 0 saturated carbocycles.